The molecule has 112 valence electrons. The van der Waals surface area contributed by atoms with Gasteiger partial charge >= 0.3 is 11.7 Å². The predicted molar refractivity (Wildman–Crippen MR) is 82.5 cm³/mol. The summed E-state index contributed by atoms with van der Waals surface area (Å²) in [7, 11) is 0. The van der Waals surface area contributed by atoms with Crippen LogP contribution in [0, 0.1) is 0 Å². The third-order valence-electron chi connectivity index (χ3n) is 3.35. The number of H-pyrrole nitrogens is 1. The Morgan fingerprint density at radius 2 is 1.78 bits per heavy atom. The topological polar surface area (TPSA) is 89.3 Å². The Balaban J connectivity index is 1.83. The summed E-state index contributed by atoms with van der Waals surface area (Å²) in [4.78, 5) is 31.0. The van der Waals surface area contributed by atoms with Gasteiger partial charge in [0.25, 0.3) is 5.82 Å². The van der Waals surface area contributed by atoms with Crippen LogP contribution in [-0.4, -0.2) is 25.6 Å². The number of esters is 1. The molecule has 0 spiro atoms. The van der Waals surface area contributed by atoms with Crippen LogP contribution in [0.3, 0.4) is 0 Å². The minimum atomic E-state index is -0.719. The molecule has 0 aliphatic carbocycles. The Hall–Kier alpha value is -3.48. The number of aromatic amines is 1. The first kappa shape index (κ1) is 13.2. The Morgan fingerprint density at radius 3 is 2.61 bits per heavy atom. The molecule has 4 rings (SSSR count). The lowest BCUT2D eigenvalue weighted by Crippen LogP contribution is -2.18. The molecular formula is C16H10N4O3. The molecule has 1 N–H and O–H groups in total. The fraction of sp³-hybridized carbons (Fsp3) is 0. The molecule has 0 radical (unpaired) electrons. The van der Waals surface area contributed by atoms with E-state index < -0.39 is 11.7 Å². The van der Waals surface area contributed by atoms with Gasteiger partial charge in [-0.3, -0.25) is 0 Å². The molecule has 0 fully saturated rings. The van der Waals surface area contributed by atoms with Crippen LogP contribution < -0.4 is 10.4 Å². The lowest BCUT2D eigenvalue weighted by molar-refractivity contribution is 0.0722. The standard InChI is InChI=1S/C16H10N4O3/c21-15(23-10-6-2-1-3-7-10)13-18-14-11-8-4-5-9-12(11)17-16(22)20(14)19-13/h1-9H,(H,17,22). The fourth-order valence-corrected chi connectivity index (χ4v) is 2.31. The van der Waals surface area contributed by atoms with Crippen molar-refractivity contribution >= 4 is 22.5 Å². The van der Waals surface area contributed by atoms with Gasteiger partial charge in [0.1, 0.15) is 5.75 Å². The third kappa shape index (κ3) is 2.24. The SMILES string of the molecule is O=C(Oc1ccccc1)c1nc2c3ccccc3[nH]c(=O)n2n1. The van der Waals surface area contributed by atoms with Gasteiger partial charge in [-0.05, 0) is 24.3 Å². The summed E-state index contributed by atoms with van der Waals surface area (Å²) in [6.45, 7) is 0. The van der Waals surface area contributed by atoms with E-state index in [0.717, 1.165) is 4.52 Å². The molecule has 0 amide bonds. The van der Waals surface area contributed by atoms with Gasteiger partial charge in [-0.2, -0.15) is 4.52 Å². The van der Waals surface area contributed by atoms with Gasteiger partial charge in [0.05, 0.1) is 5.52 Å². The summed E-state index contributed by atoms with van der Waals surface area (Å²) < 4.78 is 6.25. The van der Waals surface area contributed by atoms with Crippen LogP contribution >= 0.6 is 0 Å². The molecule has 0 saturated heterocycles. The maximum atomic E-state index is 12.2. The van der Waals surface area contributed by atoms with Crippen LogP contribution in [0.5, 0.6) is 5.75 Å². The molecule has 0 saturated carbocycles. The van der Waals surface area contributed by atoms with Crippen LogP contribution in [0.2, 0.25) is 0 Å². The van der Waals surface area contributed by atoms with Crippen LogP contribution in [0.15, 0.2) is 59.4 Å². The minimum absolute atomic E-state index is 0.171. The van der Waals surface area contributed by atoms with Crippen molar-refractivity contribution in [3.8, 4) is 5.75 Å². The van der Waals surface area contributed by atoms with E-state index in [1.807, 2.05) is 12.1 Å². The minimum Gasteiger partial charge on any atom is -0.421 e. The van der Waals surface area contributed by atoms with Crippen molar-refractivity contribution in [1.82, 2.24) is 19.6 Å². The van der Waals surface area contributed by atoms with Crippen LogP contribution in [-0.2, 0) is 0 Å². The van der Waals surface area contributed by atoms with E-state index in [4.69, 9.17) is 4.74 Å². The summed E-state index contributed by atoms with van der Waals surface area (Å²) in [6, 6.07) is 15.8. The molecular weight excluding hydrogens is 296 g/mol. The zero-order chi connectivity index (χ0) is 15.8. The van der Waals surface area contributed by atoms with Gasteiger partial charge in [-0.25, -0.2) is 14.6 Å². The first-order valence-electron chi connectivity index (χ1n) is 6.87. The molecule has 23 heavy (non-hydrogen) atoms. The van der Waals surface area contributed by atoms with E-state index in [9.17, 15) is 9.59 Å². The number of benzene rings is 2. The Labute approximate surface area is 129 Å². The Bertz CT molecular complexity index is 1080. The molecule has 7 nitrogen and oxygen atoms in total. The largest absolute Gasteiger partial charge is 0.421 e. The highest BCUT2D eigenvalue weighted by Crippen LogP contribution is 2.15. The van der Waals surface area contributed by atoms with E-state index in [0.29, 0.717) is 22.3 Å². The quantitative estimate of drug-likeness (QED) is 0.450. The number of para-hydroxylation sites is 2. The van der Waals surface area contributed by atoms with Crippen molar-refractivity contribution in [1.29, 1.82) is 0 Å². The zero-order valence-electron chi connectivity index (χ0n) is 11.8. The summed E-state index contributed by atoms with van der Waals surface area (Å²) >= 11 is 0. The van der Waals surface area contributed by atoms with Gasteiger partial charge in [0.2, 0.25) is 0 Å². The molecule has 0 bridgehead atoms. The number of nitrogens with zero attached hydrogens (tertiary/aromatic N) is 3. The normalized spacial score (nSPS) is 11.0. The van der Waals surface area contributed by atoms with Gasteiger partial charge in [0.15, 0.2) is 5.65 Å². The number of nitrogens with one attached hydrogen (secondary N) is 1. The average Bonchev–Trinajstić information content (AvgIpc) is 3.02. The van der Waals surface area contributed by atoms with Gasteiger partial charge in [-0.1, -0.05) is 30.3 Å². The molecule has 0 atom stereocenters. The summed E-state index contributed by atoms with van der Waals surface area (Å²) in [5.74, 6) is -0.505. The number of carbonyl (C=O) groups excluding carboxylic acids is 1. The predicted octanol–water partition coefficient (Wildman–Crippen LogP) is 1.79. The highest BCUT2D eigenvalue weighted by molar-refractivity contribution is 5.93. The molecule has 4 aromatic rings. The molecule has 7 heteroatoms. The second kappa shape index (κ2) is 5.06. The fourth-order valence-electron chi connectivity index (χ4n) is 2.31. The van der Waals surface area contributed by atoms with E-state index in [2.05, 4.69) is 15.1 Å². The second-order valence-corrected chi connectivity index (χ2v) is 4.85. The van der Waals surface area contributed by atoms with Crippen molar-refractivity contribution in [2.75, 3.05) is 0 Å². The molecule has 0 unspecified atom stereocenters. The molecule has 0 aliphatic rings. The van der Waals surface area contributed by atoms with Crippen LogP contribution in [0.1, 0.15) is 10.6 Å². The number of hydrogen-bond donors (Lipinski definition) is 1. The molecule has 2 heterocycles. The first-order chi connectivity index (χ1) is 11.2. The van der Waals surface area contributed by atoms with Crippen molar-refractivity contribution in [2.45, 2.75) is 0 Å². The first-order valence-corrected chi connectivity index (χ1v) is 6.87. The smallest absolute Gasteiger partial charge is 0.383 e. The highest BCUT2D eigenvalue weighted by Gasteiger charge is 2.18. The number of aromatic nitrogens is 4. The van der Waals surface area contributed by atoms with Crippen LogP contribution in [0.4, 0.5) is 0 Å². The van der Waals surface area contributed by atoms with Crippen molar-refractivity contribution in [3.63, 3.8) is 0 Å². The summed E-state index contributed by atoms with van der Waals surface area (Å²) in [5, 5.41) is 4.64. The van der Waals surface area contributed by atoms with Crippen molar-refractivity contribution < 1.29 is 9.53 Å². The summed E-state index contributed by atoms with van der Waals surface area (Å²) in [5.41, 5.74) is 0.467. The molecule has 0 aliphatic heterocycles. The average molecular weight is 306 g/mol. The number of fused-ring (bicyclic) bond motifs is 3. The van der Waals surface area contributed by atoms with Gasteiger partial charge in [-0.15, -0.1) is 5.10 Å². The number of hydrogen-bond acceptors (Lipinski definition) is 5. The number of carbonyl (C=O) groups is 1. The van der Waals surface area contributed by atoms with E-state index in [1.54, 1.807) is 42.5 Å². The number of rotatable bonds is 2. The molecule has 2 aromatic heterocycles. The Kier molecular flexibility index (Phi) is 2.90. The monoisotopic (exact) mass is 306 g/mol. The molecule has 2 aromatic carbocycles. The lowest BCUT2D eigenvalue weighted by Gasteiger charge is -1.99. The van der Waals surface area contributed by atoms with E-state index in [1.165, 1.54) is 0 Å². The highest BCUT2D eigenvalue weighted by atomic mass is 16.5. The van der Waals surface area contributed by atoms with Gasteiger partial charge in [0, 0.05) is 5.39 Å². The lowest BCUT2D eigenvalue weighted by atomic mass is 10.2. The Morgan fingerprint density at radius 1 is 1.04 bits per heavy atom. The number of ether oxygens (including phenoxy) is 1. The maximum Gasteiger partial charge on any atom is 0.383 e. The van der Waals surface area contributed by atoms with Crippen LogP contribution in [0.25, 0.3) is 16.6 Å². The van der Waals surface area contributed by atoms with Crippen molar-refractivity contribution in [3.05, 3.63) is 70.9 Å². The van der Waals surface area contributed by atoms with E-state index in [-0.39, 0.29) is 5.82 Å². The maximum absolute atomic E-state index is 12.2. The van der Waals surface area contributed by atoms with Crippen molar-refractivity contribution in [2.24, 2.45) is 0 Å². The van der Waals surface area contributed by atoms with Gasteiger partial charge < -0.3 is 9.72 Å². The van der Waals surface area contributed by atoms with E-state index >= 15 is 0 Å². The third-order valence-corrected chi connectivity index (χ3v) is 3.35. The second-order valence-electron chi connectivity index (χ2n) is 4.85. The zero-order valence-corrected chi connectivity index (χ0v) is 11.8. The summed E-state index contributed by atoms with van der Waals surface area (Å²) in [6.07, 6.45) is 0.